The summed E-state index contributed by atoms with van der Waals surface area (Å²) in [6.07, 6.45) is 9.35. The van der Waals surface area contributed by atoms with E-state index in [1.54, 1.807) is 0 Å². The quantitative estimate of drug-likeness (QED) is 0.152. The van der Waals surface area contributed by atoms with Gasteiger partial charge < -0.3 is 13.7 Å². The van der Waals surface area contributed by atoms with E-state index in [4.69, 9.17) is 8.83 Å². The number of nitrogens with zero attached hydrogens (tertiary/aromatic N) is 1. The Morgan fingerprint density at radius 2 is 1.11 bits per heavy atom. The van der Waals surface area contributed by atoms with Gasteiger partial charge in [0.15, 0.2) is 0 Å². The number of hydrogen-bond donors (Lipinski definition) is 0. The molecule has 11 aromatic rings. The zero-order chi connectivity index (χ0) is 47.0. The molecule has 2 aromatic heterocycles. The highest BCUT2D eigenvalue weighted by atomic mass is 16.3. The number of furan rings is 2. The van der Waals surface area contributed by atoms with Crippen molar-refractivity contribution in [3.05, 3.63) is 293 Å². The largest absolute Gasteiger partial charge is 0.460 e. The van der Waals surface area contributed by atoms with Crippen LogP contribution in [0, 0.1) is 0 Å². The van der Waals surface area contributed by atoms with Crippen LogP contribution < -0.4 is 4.90 Å². The third kappa shape index (κ3) is 6.50. The first-order valence-corrected chi connectivity index (χ1v) is 24.7. The highest BCUT2D eigenvalue weighted by molar-refractivity contribution is 6.12. The number of fused-ring (bicyclic) bond motifs is 9. The molecule has 3 nitrogen and oxygen atoms in total. The third-order valence-electron chi connectivity index (χ3n) is 15.1. The van der Waals surface area contributed by atoms with E-state index < -0.39 is 5.41 Å². The van der Waals surface area contributed by atoms with Gasteiger partial charge in [0, 0.05) is 45.4 Å². The summed E-state index contributed by atoms with van der Waals surface area (Å²) < 4.78 is 12.8. The van der Waals surface area contributed by atoms with Crippen LogP contribution in [0.15, 0.2) is 252 Å². The lowest BCUT2D eigenvalue weighted by Gasteiger charge is -2.33. The molecule has 0 N–H and O–H groups in total. The summed E-state index contributed by atoms with van der Waals surface area (Å²) in [5.41, 5.74) is 22.7. The van der Waals surface area contributed by atoms with Gasteiger partial charge in [-0.2, -0.15) is 0 Å². The molecule has 71 heavy (non-hydrogen) atoms. The Balaban J connectivity index is 0.893. The molecule has 0 bridgehead atoms. The minimum atomic E-state index is -0.448. The fraction of sp³-hybridized carbons (Fsp3) is 0.0588. The van der Waals surface area contributed by atoms with Gasteiger partial charge in [-0.25, -0.2) is 0 Å². The summed E-state index contributed by atoms with van der Waals surface area (Å²) in [6.45, 7) is 4.41. The summed E-state index contributed by atoms with van der Waals surface area (Å²) in [4.78, 5) is 2.38. The summed E-state index contributed by atoms with van der Waals surface area (Å²) >= 11 is 0. The van der Waals surface area contributed by atoms with E-state index >= 15 is 0 Å². The molecule has 14 rings (SSSR count). The van der Waals surface area contributed by atoms with Crippen LogP contribution in [0.5, 0.6) is 0 Å². The Morgan fingerprint density at radius 1 is 0.479 bits per heavy atom. The Hall–Kier alpha value is -8.92. The Labute approximate surface area is 413 Å². The first-order valence-electron chi connectivity index (χ1n) is 24.7. The Morgan fingerprint density at radius 3 is 1.90 bits per heavy atom. The fourth-order valence-corrected chi connectivity index (χ4v) is 12.0. The van der Waals surface area contributed by atoms with Crippen molar-refractivity contribution >= 4 is 50.6 Å². The van der Waals surface area contributed by atoms with Gasteiger partial charge in [0.25, 0.3) is 0 Å². The first-order chi connectivity index (χ1) is 35.1. The van der Waals surface area contributed by atoms with Crippen LogP contribution in [0.25, 0.3) is 67.0 Å². The molecule has 0 fully saturated rings. The first kappa shape index (κ1) is 41.1. The second-order valence-electron chi connectivity index (χ2n) is 19.1. The molecule has 0 unspecified atom stereocenters. The van der Waals surface area contributed by atoms with Crippen molar-refractivity contribution in [1.82, 2.24) is 0 Å². The van der Waals surface area contributed by atoms with Crippen molar-refractivity contribution in [3.63, 3.8) is 0 Å². The molecular formula is C68H47NO2. The SMILES string of the molecule is C=C1C=C(c2ccc(N(c3ccc(-c4cccc5oc6ccccc6c45)cc3)c3cccc(-c4ccc5c(c4)-c4ccccc4C5(c4ccccc4)c4ccccc4)c3)cc2)c2c(oc3c2CCC=C3)C1. The van der Waals surface area contributed by atoms with Crippen LogP contribution in [-0.4, -0.2) is 0 Å². The van der Waals surface area contributed by atoms with Gasteiger partial charge in [-0.15, -0.1) is 0 Å². The molecule has 9 aromatic carbocycles. The highest BCUT2D eigenvalue weighted by Crippen LogP contribution is 2.57. The van der Waals surface area contributed by atoms with Crippen LogP contribution in [0.4, 0.5) is 17.1 Å². The van der Waals surface area contributed by atoms with E-state index in [-0.39, 0.29) is 0 Å². The lowest BCUT2D eigenvalue weighted by Crippen LogP contribution is -2.28. The van der Waals surface area contributed by atoms with Crippen molar-refractivity contribution in [3.8, 4) is 33.4 Å². The number of benzene rings is 9. The number of para-hydroxylation sites is 1. The minimum absolute atomic E-state index is 0.448. The average Bonchev–Trinajstić information content (AvgIpc) is 4.10. The van der Waals surface area contributed by atoms with Crippen molar-refractivity contribution in [2.75, 3.05) is 4.90 Å². The van der Waals surface area contributed by atoms with Crippen molar-refractivity contribution in [2.24, 2.45) is 0 Å². The molecule has 336 valence electrons. The maximum atomic E-state index is 6.45. The van der Waals surface area contributed by atoms with E-state index in [9.17, 15) is 0 Å². The monoisotopic (exact) mass is 909 g/mol. The summed E-state index contributed by atoms with van der Waals surface area (Å²) in [5, 5.41) is 2.26. The van der Waals surface area contributed by atoms with Crippen LogP contribution in [0.1, 0.15) is 56.9 Å². The van der Waals surface area contributed by atoms with E-state index in [1.807, 2.05) is 12.1 Å². The van der Waals surface area contributed by atoms with Crippen molar-refractivity contribution < 1.29 is 8.83 Å². The number of allylic oxidation sites excluding steroid dienone is 3. The zero-order valence-corrected chi connectivity index (χ0v) is 39.1. The Kier molecular flexibility index (Phi) is 9.47. The molecule has 0 atom stereocenters. The van der Waals surface area contributed by atoms with Gasteiger partial charge in [-0.05, 0) is 146 Å². The van der Waals surface area contributed by atoms with Gasteiger partial charge in [0.1, 0.15) is 22.7 Å². The number of anilines is 3. The Bertz CT molecular complexity index is 3920. The minimum Gasteiger partial charge on any atom is -0.460 e. The molecule has 0 saturated heterocycles. The third-order valence-corrected chi connectivity index (χ3v) is 15.1. The van der Waals surface area contributed by atoms with Crippen LogP contribution in [-0.2, 0) is 18.3 Å². The fourth-order valence-electron chi connectivity index (χ4n) is 12.0. The average molecular weight is 910 g/mol. The van der Waals surface area contributed by atoms with E-state index in [2.05, 4.69) is 236 Å². The van der Waals surface area contributed by atoms with Gasteiger partial charge in [-0.1, -0.05) is 183 Å². The van der Waals surface area contributed by atoms with E-state index in [1.165, 1.54) is 55.6 Å². The second kappa shape index (κ2) is 16.4. The van der Waals surface area contributed by atoms with Gasteiger partial charge >= 0.3 is 0 Å². The van der Waals surface area contributed by atoms with Crippen molar-refractivity contribution in [1.29, 1.82) is 0 Å². The molecule has 3 heteroatoms. The predicted octanol–water partition coefficient (Wildman–Crippen LogP) is 17.8. The van der Waals surface area contributed by atoms with Crippen LogP contribution >= 0.6 is 0 Å². The topological polar surface area (TPSA) is 29.5 Å². The van der Waals surface area contributed by atoms with Crippen LogP contribution in [0.2, 0.25) is 0 Å². The highest BCUT2D eigenvalue weighted by Gasteiger charge is 2.46. The van der Waals surface area contributed by atoms with Gasteiger partial charge in [0.2, 0.25) is 0 Å². The molecule has 0 amide bonds. The zero-order valence-electron chi connectivity index (χ0n) is 39.1. The summed E-state index contributed by atoms with van der Waals surface area (Å²) in [5.74, 6) is 2.01. The molecule has 0 spiro atoms. The smallest absolute Gasteiger partial charge is 0.136 e. The number of hydrogen-bond acceptors (Lipinski definition) is 3. The lowest BCUT2D eigenvalue weighted by atomic mass is 9.67. The number of rotatable bonds is 8. The standard InChI is InChI=1S/C68H47NO2/c1-44-40-58(67-57-24-10-13-28-63(57)71-65(67)41-44)46-32-37-52(38-33-46)69(51-35-30-45(31-36-51)54-25-15-29-64-66(54)56-23-9-12-27-62(56)70-64)53-21-14-16-47(42-53)48-34-39-61-59(43-48)55-22-8-11-26-60(55)68(61,49-17-4-2-5-18-49)50-19-6-3-7-20-50/h2-9,11-23,25-40,42-43H,1,10,24,41H2. The maximum Gasteiger partial charge on any atom is 0.136 e. The molecule has 0 saturated carbocycles. The van der Waals surface area contributed by atoms with Gasteiger partial charge in [-0.3, -0.25) is 0 Å². The second-order valence-corrected chi connectivity index (χ2v) is 19.1. The molecule has 0 radical (unpaired) electrons. The predicted molar refractivity (Wildman–Crippen MR) is 293 cm³/mol. The lowest BCUT2D eigenvalue weighted by molar-refractivity contribution is 0.506. The summed E-state index contributed by atoms with van der Waals surface area (Å²) in [6, 6.07) is 79.8. The molecule has 3 aliphatic rings. The molecule has 2 heterocycles. The normalized spacial score (nSPS) is 14.2. The van der Waals surface area contributed by atoms with Gasteiger partial charge in [0.05, 0.1) is 5.41 Å². The van der Waals surface area contributed by atoms with E-state index in [0.717, 1.165) is 97.6 Å². The molecule has 3 aliphatic carbocycles. The molecule has 0 aliphatic heterocycles. The molecular weight excluding hydrogens is 863 g/mol. The van der Waals surface area contributed by atoms with Crippen LogP contribution in [0.3, 0.4) is 0 Å². The van der Waals surface area contributed by atoms with E-state index in [0.29, 0.717) is 0 Å². The maximum absolute atomic E-state index is 6.45. The van der Waals surface area contributed by atoms with Crippen molar-refractivity contribution in [2.45, 2.75) is 24.7 Å². The summed E-state index contributed by atoms with van der Waals surface area (Å²) in [7, 11) is 0.